The van der Waals surface area contributed by atoms with Crippen LogP contribution in [0.4, 0.5) is 4.39 Å². The first kappa shape index (κ1) is 15.9. The Morgan fingerprint density at radius 2 is 2.10 bits per heavy atom. The van der Waals surface area contributed by atoms with Gasteiger partial charge in [0.15, 0.2) is 11.6 Å². The zero-order chi connectivity index (χ0) is 15.1. The molecule has 0 heterocycles. The fourth-order valence-corrected chi connectivity index (χ4v) is 1.71. The molecule has 0 aromatic heterocycles. The predicted molar refractivity (Wildman–Crippen MR) is 72.7 cm³/mol. The first-order chi connectivity index (χ1) is 9.43. The third kappa shape index (κ3) is 4.87. The van der Waals surface area contributed by atoms with Crippen molar-refractivity contribution in [3.63, 3.8) is 0 Å². The van der Waals surface area contributed by atoms with Crippen LogP contribution < -0.4 is 10.1 Å². The Morgan fingerprint density at radius 3 is 2.65 bits per heavy atom. The van der Waals surface area contributed by atoms with Gasteiger partial charge in [0.1, 0.15) is 0 Å². The Morgan fingerprint density at radius 1 is 1.40 bits per heavy atom. The van der Waals surface area contributed by atoms with E-state index in [-0.39, 0.29) is 24.0 Å². The lowest BCUT2D eigenvalue weighted by atomic mass is 10.2. The van der Waals surface area contributed by atoms with Gasteiger partial charge in [-0.1, -0.05) is 6.07 Å². The molecule has 20 heavy (non-hydrogen) atoms. The summed E-state index contributed by atoms with van der Waals surface area (Å²) in [4.78, 5) is 24.0. The molecule has 0 saturated heterocycles. The molecule has 0 aliphatic rings. The van der Waals surface area contributed by atoms with Crippen LogP contribution in [0.5, 0.6) is 5.75 Å². The van der Waals surface area contributed by atoms with Crippen molar-refractivity contribution in [3.8, 4) is 5.75 Å². The summed E-state index contributed by atoms with van der Waals surface area (Å²) in [6.07, 6.45) is 0.217. The summed E-state index contributed by atoms with van der Waals surface area (Å²) in [6, 6.07) is 4.58. The highest BCUT2D eigenvalue weighted by atomic mass is 19.1. The summed E-state index contributed by atoms with van der Waals surface area (Å²) in [6.45, 7) is 2.00. The largest absolute Gasteiger partial charge is 0.494 e. The molecule has 1 aromatic carbocycles. The molecule has 0 spiro atoms. The highest BCUT2D eigenvalue weighted by Crippen LogP contribution is 2.18. The molecule has 0 radical (unpaired) electrons. The van der Waals surface area contributed by atoms with E-state index in [1.54, 1.807) is 13.1 Å². The molecule has 0 atom stereocenters. The smallest absolute Gasteiger partial charge is 0.224 e. The summed E-state index contributed by atoms with van der Waals surface area (Å²) in [5.41, 5.74) is 0.679. The standard InChI is InChI=1S/C14H19FN2O3/c1-10(18)16-7-6-14(19)17(2)9-11-4-5-13(20-3)12(15)8-11/h4-5,8H,6-7,9H2,1-3H3,(H,16,18). The molecular weight excluding hydrogens is 263 g/mol. The van der Waals surface area contributed by atoms with Gasteiger partial charge in [0.2, 0.25) is 11.8 Å². The fourth-order valence-electron chi connectivity index (χ4n) is 1.71. The number of benzene rings is 1. The van der Waals surface area contributed by atoms with Crippen molar-refractivity contribution < 1.29 is 18.7 Å². The van der Waals surface area contributed by atoms with Crippen molar-refractivity contribution in [2.75, 3.05) is 20.7 Å². The normalized spacial score (nSPS) is 10.0. The van der Waals surface area contributed by atoms with Crippen LogP contribution in [0.3, 0.4) is 0 Å². The monoisotopic (exact) mass is 282 g/mol. The van der Waals surface area contributed by atoms with Crippen molar-refractivity contribution in [1.82, 2.24) is 10.2 Å². The number of amides is 2. The second-order valence-electron chi connectivity index (χ2n) is 4.45. The second-order valence-corrected chi connectivity index (χ2v) is 4.45. The number of rotatable bonds is 6. The van der Waals surface area contributed by atoms with Gasteiger partial charge in [-0.05, 0) is 17.7 Å². The molecule has 2 amide bonds. The van der Waals surface area contributed by atoms with Gasteiger partial charge in [-0.25, -0.2) is 4.39 Å². The number of methoxy groups -OCH3 is 1. The lowest BCUT2D eigenvalue weighted by Gasteiger charge is -2.17. The number of nitrogens with one attached hydrogen (secondary N) is 1. The molecule has 6 heteroatoms. The lowest BCUT2D eigenvalue weighted by molar-refractivity contribution is -0.130. The van der Waals surface area contributed by atoms with E-state index in [4.69, 9.17) is 4.74 Å². The highest BCUT2D eigenvalue weighted by Gasteiger charge is 2.11. The van der Waals surface area contributed by atoms with Crippen molar-refractivity contribution in [2.24, 2.45) is 0 Å². The Balaban J connectivity index is 2.52. The molecule has 5 nitrogen and oxygen atoms in total. The average molecular weight is 282 g/mol. The van der Waals surface area contributed by atoms with E-state index in [0.29, 0.717) is 18.7 Å². The third-order valence-electron chi connectivity index (χ3n) is 2.77. The molecule has 0 aliphatic carbocycles. The van der Waals surface area contributed by atoms with Gasteiger partial charge in [0.25, 0.3) is 0 Å². The van der Waals surface area contributed by atoms with Crippen LogP contribution in [0, 0.1) is 5.82 Å². The van der Waals surface area contributed by atoms with E-state index in [1.807, 2.05) is 0 Å². The maximum atomic E-state index is 13.5. The van der Waals surface area contributed by atoms with Crippen LogP contribution in [0.2, 0.25) is 0 Å². The molecule has 0 aliphatic heterocycles. The third-order valence-corrected chi connectivity index (χ3v) is 2.77. The van der Waals surface area contributed by atoms with Gasteiger partial charge < -0.3 is 15.0 Å². The quantitative estimate of drug-likeness (QED) is 0.856. The van der Waals surface area contributed by atoms with E-state index in [1.165, 1.54) is 31.1 Å². The maximum absolute atomic E-state index is 13.5. The molecule has 0 bridgehead atoms. The highest BCUT2D eigenvalue weighted by molar-refractivity contribution is 5.77. The van der Waals surface area contributed by atoms with Crippen LogP contribution in [-0.4, -0.2) is 37.4 Å². The maximum Gasteiger partial charge on any atom is 0.224 e. The van der Waals surface area contributed by atoms with Crippen LogP contribution >= 0.6 is 0 Å². The minimum Gasteiger partial charge on any atom is -0.494 e. The molecule has 1 rings (SSSR count). The zero-order valence-electron chi connectivity index (χ0n) is 11.9. The minimum atomic E-state index is -0.455. The zero-order valence-corrected chi connectivity index (χ0v) is 11.9. The number of carbonyl (C=O) groups is 2. The number of hydrogen-bond donors (Lipinski definition) is 1. The number of ether oxygens (including phenoxy) is 1. The van der Waals surface area contributed by atoms with Gasteiger partial charge >= 0.3 is 0 Å². The van der Waals surface area contributed by atoms with Gasteiger partial charge in [0.05, 0.1) is 7.11 Å². The van der Waals surface area contributed by atoms with Crippen molar-refractivity contribution in [1.29, 1.82) is 0 Å². The van der Waals surface area contributed by atoms with Crippen molar-refractivity contribution >= 4 is 11.8 Å². The second kappa shape index (κ2) is 7.47. The summed E-state index contributed by atoms with van der Waals surface area (Å²) < 4.78 is 18.3. The van der Waals surface area contributed by atoms with Gasteiger partial charge in [-0.15, -0.1) is 0 Å². The number of hydrogen-bond acceptors (Lipinski definition) is 3. The van der Waals surface area contributed by atoms with E-state index in [9.17, 15) is 14.0 Å². The van der Waals surface area contributed by atoms with Crippen LogP contribution in [0.25, 0.3) is 0 Å². The van der Waals surface area contributed by atoms with E-state index in [0.717, 1.165) is 0 Å². The Labute approximate surface area is 117 Å². The number of carbonyl (C=O) groups excluding carboxylic acids is 2. The molecule has 1 aromatic rings. The van der Waals surface area contributed by atoms with E-state index in [2.05, 4.69) is 5.32 Å². The minimum absolute atomic E-state index is 0.116. The summed E-state index contributed by atoms with van der Waals surface area (Å²) in [5, 5.41) is 2.56. The molecule has 0 fully saturated rings. The lowest BCUT2D eigenvalue weighted by Crippen LogP contribution is -2.30. The van der Waals surface area contributed by atoms with Crippen molar-refractivity contribution in [2.45, 2.75) is 19.9 Å². The van der Waals surface area contributed by atoms with Gasteiger partial charge in [-0.3, -0.25) is 9.59 Å². The Hall–Kier alpha value is -2.11. The van der Waals surface area contributed by atoms with Crippen LogP contribution in [-0.2, 0) is 16.1 Å². The fraction of sp³-hybridized carbons (Fsp3) is 0.429. The Kier molecular flexibility index (Phi) is 5.96. The van der Waals surface area contributed by atoms with Gasteiger partial charge in [0, 0.05) is 33.5 Å². The summed E-state index contributed by atoms with van der Waals surface area (Å²) >= 11 is 0. The van der Waals surface area contributed by atoms with Crippen LogP contribution in [0.1, 0.15) is 18.9 Å². The average Bonchev–Trinajstić information content (AvgIpc) is 2.38. The summed E-state index contributed by atoms with van der Waals surface area (Å²) in [5.74, 6) is -0.565. The van der Waals surface area contributed by atoms with E-state index < -0.39 is 5.82 Å². The molecule has 1 N–H and O–H groups in total. The Bertz CT molecular complexity index is 491. The molecular formula is C14H19FN2O3. The first-order valence-corrected chi connectivity index (χ1v) is 6.25. The SMILES string of the molecule is COc1ccc(CN(C)C(=O)CCNC(C)=O)cc1F. The molecule has 0 saturated carbocycles. The molecule has 0 unspecified atom stereocenters. The summed E-state index contributed by atoms with van der Waals surface area (Å²) in [7, 11) is 3.04. The van der Waals surface area contributed by atoms with Crippen LogP contribution in [0.15, 0.2) is 18.2 Å². The molecule has 110 valence electrons. The number of nitrogens with zero attached hydrogens (tertiary/aromatic N) is 1. The van der Waals surface area contributed by atoms with Gasteiger partial charge in [-0.2, -0.15) is 0 Å². The predicted octanol–water partition coefficient (Wildman–Crippen LogP) is 1.32. The first-order valence-electron chi connectivity index (χ1n) is 6.25. The number of halogens is 1. The van der Waals surface area contributed by atoms with E-state index >= 15 is 0 Å². The van der Waals surface area contributed by atoms with Crippen molar-refractivity contribution in [3.05, 3.63) is 29.6 Å². The topological polar surface area (TPSA) is 58.6 Å².